The predicted octanol–water partition coefficient (Wildman–Crippen LogP) is 2.85. The molecular weight excluding hydrogens is 234 g/mol. The zero-order valence-electron chi connectivity index (χ0n) is 10.1. The second-order valence-electron chi connectivity index (χ2n) is 3.97. The molecule has 17 heavy (non-hydrogen) atoms. The van der Waals surface area contributed by atoms with Gasteiger partial charge in [-0.1, -0.05) is 30.7 Å². The van der Waals surface area contributed by atoms with Crippen LogP contribution in [0.1, 0.15) is 12.5 Å². The van der Waals surface area contributed by atoms with Crippen molar-refractivity contribution >= 4 is 11.6 Å². The first-order chi connectivity index (χ1) is 8.20. The number of hydrogen-bond acceptors (Lipinski definition) is 2. The fourth-order valence-corrected chi connectivity index (χ4v) is 2.00. The van der Waals surface area contributed by atoms with Gasteiger partial charge in [0.15, 0.2) is 0 Å². The van der Waals surface area contributed by atoms with Crippen molar-refractivity contribution in [1.29, 1.82) is 0 Å². The third-order valence-electron chi connectivity index (χ3n) is 2.60. The highest BCUT2D eigenvalue weighted by atomic mass is 35.5. The molecule has 3 nitrogen and oxygen atoms in total. The third kappa shape index (κ3) is 2.87. The Morgan fingerprint density at radius 3 is 2.76 bits per heavy atom. The van der Waals surface area contributed by atoms with Crippen LogP contribution in [0.4, 0.5) is 0 Å². The Balaban J connectivity index is 2.25. The molecule has 0 fully saturated rings. The molecule has 0 radical (unpaired) electrons. The van der Waals surface area contributed by atoms with Gasteiger partial charge in [-0.25, -0.2) is 0 Å². The summed E-state index contributed by atoms with van der Waals surface area (Å²) in [6, 6.07) is 8.06. The zero-order chi connectivity index (χ0) is 12.3. The fourth-order valence-electron chi connectivity index (χ4n) is 1.70. The summed E-state index contributed by atoms with van der Waals surface area (Å²) < 4.78 is 1.78. The van der Waals surface area contributed by atoms with Gasteiger partial charge in [-0.2, -0.15) is 5.10 Å². The number of halogens is 1. The predicted molar refractivity (Wildman–Crippen MR) is 71.0 cm³/mol. The molecule has 0 saturated heterocycles. The Hall–Kier alpha value is -1.32. The number of nitrogens with one attached hydrogen (secondary N) is 1. The molecule has 4 heteroatoms. The van der Waals surface area contributed by atoms with Crippen LogP contribution in [0.15, 0.2) is 30.5 Å². The van der Waals surface area contributed by atoms with Gasteiger partial charge in [-0.05, 0) is 24.2 Å². The summed E-state index contributed by atoms with van der Waals surface area (Å²) in [5.41, 5.74) is 3.08. The topological polar surface area (TPSA) is 29.9 Å². The van der Waals surface area contributed by atoms with Crippen molar-refractivity contribution in [1.82, 2.24) is 15.1 Å². The van der Waals surface area contributed by atoms with Crippen molar-refractivity contribution in [3.05, 3.63) is 41.0 Å². The van der Waals surface area contributed by atoms with Crippen LogP contribution in [-0.2, 0) is 13.6 Å². The van der Waals surface area contributed by atoms with Crippen LogP contribution in [0.5, 0.6) is 0 Å². The van der Waals surface area contributed by atoms with E-state index < -0.39 is 0 Å². The highest BCUT2D eigenvalue weighted by molar-refractivity contribution is 6.33. The molecular formula is C13H16ClN3. The summed E-state index contributed by atoms with van der Waals surface area (Å²) in [6.45, 7) is 3.89. The van der Waals surface area contributed by atoms with E-state index in [2.05, 4.69) is 23.4 Å². The summed E-state index contributed by atoms with van der Waals surface area (Å²) >= 11 is 6.28. The van der Waals surface area contributed by atoms with Crippen LogP contribution in [0.2, 0.25) is 5.02 Å². The molecule has 2 aromatic rings. The van der Waals surface area contributed by atoms with Crippen LogP contribution in [-0.4, -0.2) is 16.3 Å². The lowest BCUT2D eigenvalue weighted by atomic mass is 10.1. The summed E-state index contributed by atoms with van der Waals surface area (Å²) in [4.78, 5) is 0. The second-order valence-corrected chi connectivity index (χ2v) is 4.38. The SMILES string of the molecule is CCNCc1ccc(-c2ccn(C)n2)c(Cl)c1. The van der Waals surface area contributed by atoms with Gasteiger partial charge < -0.3 is 5.32 Å². The van der Waals surface area contributed by atoms with Gasteiger partial charge in [0.25, 0.3) is 0 Å². The molecule has 0 aliphatic heterocycles. The molecule has 0 atom stereocenters. The van der Waals surface area contributed by atoms with E-state index in [0.29, 0.717) is 0 Å². The molecule has 0 amide bonds. The number of hydrogen-bond donors (Lipinski definition) is 1. The maximum absolute atomic E-state index is 6.28. The van der Waals surface area contributed by atoms with Crippen molar-refractivity contribution in [2.24, 2.45) is 7.05 Å². The molecule has 0 aliphatic carbocycles. The van der Waals surface area contributed by atoms with Crippen molar-refractivity contribution in [3.63, 3.8) is 0 Å². The summed E-state index contributed by atoms with van der Waals surface area (Å²) in [5.74, 6) is 0. The van der Waals surface area contributed by atoms with Crippen molar-refractivity contribution < 1.29 is 0 Å². The van der Waals surface area contributed by atoms with E-state index in [4.69, 9.17) is 11.6 Å². The van der Waals surface area contributed by atoms with Gasteiger partial charge in [0, 0.05) is 25.4 Å². The van der Waals surface area contributed by atoms with E-state index >= 15 is 0 Å². The lowest BCUT2D eigenvalue weighted by molar-refractivity contribution is 0.727. The fraction of sp³-hybridized carbons (Fsp3) is 0.308. The van der Waals surface area contributed by atoms with E-state index in [-0.39, 0.29) is 0 Å². The average Bonchev–Trinajstić information content (AvgIpc) is 2.73. The number of aromatic nitrogens is 2. The smallest absolute Gasteiger partial charge is 0.0937 e. The maximum Gasteiger partial charge on any atom is 0.0937 e. The number of benzene rings is 1. The van der Waals surface area contributed by atoms with Crippen molar-refractivity contribution in [2.75, 3.05) is 6.54 Å². The maximum atomic E-state index is 6.28. The molecule has 0 unspecified atom stereocenters. The molecule has 2 rings (SSSR count). The Labute approximate surface area is 106 Å². The molecule has 1 N–H and O–H groups in total. The van der Waals surface area contributed by atoms with Crippen LogP contribution >= 0.6 is 11.6 Å². The van der Waals surface area contributed by atoms with Crippen LogP contribution in [0.25, 0.3) is 11.3 Å². The normalized spacial score (nSPS) is 10.8. The summed E-state index contributed by atoms with van der Waals surface area (Å²) in [5, 5.41) is 8.38. The lowest BCUT2D eigenvalue weighted by Gasteiger charge is -2.05. The Kier molecular flexibility index (Phi) is 3.82. The van der Waals surface area contributed by atoms with Gasteiger partial charge in [0.05, 0.1) is 10.7 Å². The number of aryl methyl sites for hydroxylation is 1. The van der Waals surface area contributed by atoms with Crippen LogP contribution < -0.4 is 5.32 Å². The Morgan fingerprint density at radius 2 is 2.18 bits per heavy atom. The van der Waals surface area contributed by atoms with E-state index in [0.717, 1.165) is 29.4 Å². The first-order valence-corrected chi connectivity index (χ1v) is 6.07. The summed E-state index contributed by atoms with van der Waals surface area (Å²) in [7, 11) is 1.90. The molecule has 90 valence electrons. The quantitative estimate of drug-likeness (QED) is 0.903. The first kappa shape index (κ1) is 12.1. The molecule has 0 saturated carbocycles. The standard InChI is InChI=1S/C13H16ClN3/c1-3-15-9-10-4-5-11(12(14)8-10)13-6-7-17(2)16-13/h4-8,15H,3,9H2,1-2H3. The average molecular weight is 250 g/mol. The van der Waals surface area contributed by atoms with Gasteiger partial charge in [0.2, 0.25) is 0 Å². The van der Waals surface area contributed by atoms with Gasteiger partial charge in [-0.15, -0.1) is 0 Å². The highest BCUT2D eigenvalue weighted by Crippen LogP contribution is 2.27. The number of rotatable bonds is 4. The van der Waals surface area contributed by atoms with Gasteiger partial charge in [0.1, 0.15) is 0 Å². The second kappa shape index (κ2) is 5.34. The van der Waals surface area contributed by atoms with Gasteiger partial charge in [-0.3, -0.25) is 4.68 Å². The molecule has 1 heterocycles. The van der Waals surface area contributed by atoms with Crippen molar-refractivity contribution in [3.8, 4) is 11.3 Å². The molecule has 1 aromatic heterocycles. The van der Waals surface area contributed by atoms with Crippen molar-refractivity contribution in [2.45, 2.75) is 13.5 Å². The molecule has 0 bridgehead atoms. The molecule has 1 aromatic carbocycles. The third-order valence-corrected chi connectivity index (χ3v) is 2.91. The molecule has 0 spiro atoms. The Morgan fingerprint density at radius 1 is 1.35 bits per heavy atom. The minimum atomic E-state index is 0.749. The minimum absolute atomic E-state index is 0.749. The zero-order valence-corrected chi connectivity index (χ0v) is 10.8. The lowest BCUT2D eigenvalue weighted by Crippen LogP contribution is -2.11. The Bertz CT molecular complexity index is 505. The first-order valence-electron chi connectivity index (χ1n) is 5.70. The van der Waals surface area contributed by atoms with Crippen LogP contribution in [0.3, 0.4) is 0 Å². The van der Waals surface area contributed by atoms with E-state index in [1.54, 1.807) is 4.68 Å². The summed E-state index contributed by atoms with van der Waals surface area (Å²) in [6.07, 6.45) is 1.91. The molecule has 0 aliphatic rings. The largest absolute Gasteiger partial charge is 0.313 e. The highest BCUT2D eigenvalue weighted by Gasteiger charge is 2.06. The van der Waals surface area contributed by atoms with E-state index in [1.807, 2.05) is 31.4 Å². The van der Waals surface area contributed by atoms with Gasteiger partial charge >= 0.3 is 0 Å². The van der Waals surface area contributed by atoms with Crippen LogP contribution in [0, 0.1) is 0 Å². The van der Waals surface area contributed by atoms with E-state index in [1.165, 1.54) is 5.56 Å². The van der Waals surface area contributed by atoms with E-state index in [9.17, 15) is 0 Å². The number of nitrogens with zero attached hydrogens (tertiary/aromatic N) is 2. The minimum Gasteiger partial charge on any atom is -0.313 e. The monoisotopic (exact) mass is 249 g/mol.